The summed E-state index contributed by atoms with van der Waals surface area (Å²) >= 11 is 3.90. The average Bonchev–Trinajstić information content (AvgIpc) is 2.66. The number of aliphatic hydroxyl groups excluding tert-OH is 1. The lowest BCUT2D eigenvalue weighted by Crippen LogP contribution is -2.59. The smallest absolute Gasteiger partial charge is 0.327 e. The van der Waals surface area contributed by atoms with Gasteiger partial charge in [-0.05, 0) is 18.3 Å². The van der Waals surface area contributed by atoms with Gasteiger partial charge in [-0.15, -0.1) is 0 Å². The van der Waals surface area contributed by atoms with Crippen LogP contribution in [0.1, 0.15) is 40.5 Å². The Morgan fingerprint density at radius 3 is 1.93 bits per heavy atom. The highest BCUT2D eigenvalue weighted by atomic mass is 32.1. The van der Waals surface area contributed by atoms with Gasteiger partial charge >= 0.3 is 5.97 Å². The Kier molecular flexibility index (Phi) is 12.5. The van der Waals surface area contributed by atoms with Gasteiger partial charge in [0.05, 0.1) is 12.6 Å². The van der Waals surface area contributed by atoms with Gasteiger partial charge in [-0.25, -0.2) is 4.79 Å². The van der Waals surface area contributed by atoms with Crippen molar-refractivity contribution in [2.75, 3.05) is 12.4 Å². The van der Waals surface area contributed by atoms with E-state index in [1.807, 2.05) is 13.8 Å². The van der Waals surface area contributed by atoms with Crippen LogP contribution < -0.4 is 21.7 Å². The van der Waals surface area contributed by atoms with Gasteiger partial charge in [0, 0.05) is 5.75 Å². The zero-order chi connectivity index (χ0) is 22.7. The van der Waals surface area contributed by atoms with Crippen LogP contribution >= 0.6 is 12.6 Å². The third-order valence-electron chi connectivity index (χ3n) is 4.47. The van der Waals surface area contributed by atoms with Crippen molar-refractivity contribution < 1.29 is 29.4 Å². The molecule has 0 aromatic carbocycles. The lowest BCUT2D eigenvalue weighted by atomic mass is 9.97. The van der Waals surface area contributed by atoms with Gasteiger partial charge in [-0.1, -0.05) is 34.1 Å². The van der Waals surface area contributed by atoms with Crippen LogP contribution in [0.2, 0.25) is 0 Å². The molecule has 0 aliphatic carbocycles. The Morgan fingerprint density at radius 1 is 0.966 bits per heavy atom. The monoisotopic (exact) mass is 434 g/mol. The maximum absolute atomic E-state index is 12.5. The van der Waals surface area contributed by atoms with Crippen LogP contribution in [0.25, 0.3) is 0 Å². The van der Waals surface area contributed by atoms with Gasteiger partial charge in [-0.2, -0.15) is 12.6 Å². The van der Waals surface area contributed by atoms with E-state index in [-0.39, 0.29) is 17.6 Å². The molecule has 0 aliphatic rings. The Hall–Kier alpha value is -1.85. The third kappa shape index (κ3) is 9.46. The standard InChI is InChI=1S/C18H34N4O6S/c1-5-10(4)14(17(26)21-13(8-29)18(27)28)22-16(25)12(7-23)20-15(24)11(19)6-9(2)3/h9-14,23,29H,5-8,19H2,1-4H3,(H,20,24)(H,21,26)(H,22,25)(H,27,28). The summed E-state index contributed by atoms with van der Waals surface area (Å²) in [5.41, 5.74) is 5.79. The molecule has 168 valence electrons. The van der Waals surface area contributed by atoms with Gasteiger partial charge in [0.2, 0.25) is 17.7 Å². The minimum Gasteiger partial charge on any atom is -0.480 e. The van der Waals surface area contributed by atoms with E-state index in [2.05, 4.69) is 28.6 Å². The summed E-state index contributed by atoms with van der Waals surface area (Å²) in [7, 11) is 0. The lowest BCUT2D eigenvalue weighted by molar-refractivity contribution is -0.142. The van der Waals surface area contributed by atoms with E-state index in [0.29, 0.717) is 12.8 Å². The number of aliphatic carboxylic acids is 1. The second-order valence-corrected chi connectivity index (χ2v) is 7.80. The van der Waals surface area contributed by atoms with Crippen molar-refractivity contribution in [1.82, 2.24) is 16.0 Å². The van der Waals surface area contributed by atoms with Gasteiger partial charge < -0.3 is 31.9 Å². The number of carboxylic acid groups (broad SMARTS) is 1. The first-order chi connectivity index (χ1) is 13.5. The Labute approximate surface area is 176 Å². The highest BCUT2D eigenvalue weighted by Gasteiger charge is 2.32. The molecule has 0 saturated heterocycles. The first kappa shape index (κ1) is 27.1. The van der Waals surface area contributed by atoms with E-state index in [1.165, 1.54) is 0 Å². The number of nitrogens with one attached hydrogen (secondary N) is 3. The molecule has 5 unspecified atom stereocenters. The van der Waals surface area contributed by atoms with Gasteiger partial charge in [0.15, 0.2) is 0 Å². The van der Waals surface area contributed by atoms with Crippen molar-refractivity contribution in [1.29, 1.82) is 0 Å². The molecule has 0 rings (SSSR count). The third-order valence-corrected chi connectivity index (χ3v) is 4.83. The first-order valence-electron chi connectivity index (χ1n) is 9.59. The second kappa shape index (κ2) is 13.4. The second-order valence-electron chi connectivity index (χ2n) is 7.43. The Morgan fingerprint density at radius 2 is 1.52 bits per heavy atom. The van der Waals surface area contributed by atoms with Crippen molar-refractivity contribution in [2.24, 2.45) is 17.6 Å². The summed E-state index contributed by atoms with van der Waals surface area (Å²) in [5, 5.41) is 25.8. The molecule has 0 radical (unpaired) electrons. The summed E-state index contributed by atoms with van der Waals surface area (Å²) in [4.78, 5) is 48.3. The number of carboxylic acids is 1. The van der Waals surface area contributed by atoms with Crippen LogP contribution in [0, 0.1) is 11.8 Å². The van der Waals surface area contributed by atoms with E-state index in [4.69, 9.17) is 10.8 Å². The highest BCUT2D eigenvalue weighted by Crippen LogP contribution is 2.09. The molecule has 0 fully saturated rings. The summed E-state index contributed by atoms with van der Waals surface area (Å²) in [6, 6.07) is -4.39. The van der Waals surface area contributed by atoms with Crippen LogP contribution in [-0.4, -0.2) is 70.4 Å². The SMILES string of the molecule is CCC(C)C(NC(=O)C(CO)NC(=O)C(N)CC(C)C)C(=O)NC(CS)C(=O)O. The molecule has 5 atom stereocenters. The molecule has 0 heterocycles. The number of amides is 3. The fourth-order valence-corrected chi connectivity index (χ4v) is 2.74. The fourth-order valence-electron chi connectivity index (χ4n) is 2.49. The molecule has 0 spiro atoms. The van der Waals surface area contributed by atoms with Gasteiger partial charge in [-0.3, -0.25) is 14.4 Å². The van der Waals surface area contributed by atoms with Crippen LogP contribution in [0.4, 0.5) is 0 Å². The quantitative estimate of drug-likeness (QED) is 0.180. The lowest BCUT2D eigenvalue weighted by Gasteiger charge is -2.27. The zero-order valence-corrected chi connectivity index (χ0v) is 18.2. The maximum atomic E-state index is 12.5. The minimum atomic E-state index is -1.29. The normalized spacial score (nSPS) is 16.3. The topological polar surface area (TPSA) is 171 Å². The summed E-state index contributed by atoms with van der Waals surface area (Å²) in [6.07, 6.45) is 0.927. The van der Waals surface area contributed by atoms with Crippen molar-refractivity contribution in [3.8, 4) is 0 Å². The molecule has 0 saturated carbocycles. The number of nitrogens with two attached hydrogens (primary N) is 1. The van der Waals surface area contributed by atoms with Crippen molar-refractivity contribution >= 4 is 36.3 Å². The molecule has 0 aromatic rings. The van der Waals surface area contributed by atoms with Gasteiger partial charge in [0.1, 0.15) is 18.1 Å². The molecular formula is C18H34N4O6S. The molecule has 3 amide bonds. The highest BCUT2D eigenvalue weighted by molar-refractivity contribution is 7.80. The molecule has 10 nitrogen and oxygen atoms in total. The summed E-state index contributed by atoms with van der Waals surface area (Å²) < 4.78 is 0. The molecule has 7 N–H and O–H groups in total. The molecular weight excluding hydrogens is 400 g/mol. The van der Waals surface area contributed by atoms with Crippen LogP contribution in [-0.2, 0) is 19.2 Å². The molecule has 0 bridgehead atoms. The number of carbonyl (C=O) groups is 4. The fraction of sp³-hybridized carbons (Fsp3) is 0.778. The predicted octanol–water partition coefficient (Wildman–Crippen LogP) is -1.13. The Bertz CT molecular complexity index is 575. The number of rotatable bonds is 13. The average molecular weight is 435 g/mol. The maximum Gasteiger partial charge on any atom is 0.327 e. The van der Waals surface area contributed by atoms with Crippen LogP contribution in [0.3, 0.4) is 0 Å². The number of hydrogen-bond donors (Lipinski definition) is 7. The number of thiol groups is 1. The van der Waals surface area contributed by atoms with Crippen molar-refractivity contribution in [3.05, 3.63) is 0 Å². The van der Waals surface area contributed by atoms with E-state index < -0.39 is 54.5 Å². The predicted molar refractivity (Wildman–Crippen MR) is 111 cm³/mol. The molecule has 0 aliphatic heterocycles. The van der Waals surface area contributed by atoms with E-state index in [0.717, 1.165) is 0 Å². The zero-order valence-electron chi connectivity index (χ0n) is 17.3. The van der Waals surface area contributed by atoms with Crippen molar-refractivity contribution in [2.45, 2.75) is 64.7 Å². The Balaban J connectivity index is 5.20. The number of aliphatic hydroxyl groups is 1. The molecule has 29 heavy (non-hydrogen) atoms. The van der Waals surface area contributed by atoms with E-state index >= 15 is 0 Å². The molecule has 0 aromatic heterocycles. The summed E-state index contributed by atoms with van der Waals surface area (Å²) in [6.45, 7) is 6.63. The molecule has 11 heteroatoms. The minimum absolute atomic E-state index is 0.120. The number of carbonyl (C=O) groups excluding carboxylic acids is 3. The number of hydrogen-bond acceptors (Lipinski definition) is 7. The van der Waals surface area contributed by atoms with Crippen LogP contribution in [0.5, 0.6) is 0 Å². The van der Waals surface area contributed by atoms with Crippen LogP contribution in [0.15, 0.2) is 0 Å². The van der Waals surface area contributed by atoms with Crippen molar-refractivity contribution in [3.63, 3.8) is 0 Å². The van der Waals surface area contributed by atoms with Gasteiger partial charge in [0.25, 0.3) is 0 Å². The van der Waals surface area contributed by atoms with E-state index in [1.54, 1.807) is 13.8 Å². The summed E-state index contributed by atoms with van der Waals surface area (Å²) in [5.74, 6) is -3.56. The first-order valence-corrected chi connectivity index (χ1v) is 10.2. The van der Waals surface area contributed by atoms with E-state index in [9.17, 15) is 24.3 Å². The largest absolute Gasteiger partial charge is 0.480 e.